The molecule has 0 bridgehead atoms. The highest BCUT2D eigenvalue weighted by atomic mass is 35.5. The van der Waals surface area contributed by atoms with Gasteiger partial charge in [-0.15, -0.1) is 34.0 Å². The number of hydrogen-bond acceptors (Lipinski definition) is 23. The second kappa shape index (κ2) is 48.0. The minimum atomic E-state index is -3.74. The number of pyridine rings is 1. The van der Waals surface area contributed by atoms with E-state index >= 15 is 0 Å². The van der Waals surface area contributed by atoms with Gasteiger partial charge in [0.2, 0.25) is 23.6 Å². The van der Waals surface area contributed by atoms with Crippen molar-refractivity contribution in [3.8, 4) is 84.9 Å². The Morgan fingerprint density at radius 1 is 0.401 bits per heavy atom. The number of halogens is 3. The van der Waals surface area contributed by atoms with Crippen molar-refractivity contribution < 1.29 is 85.1 Å². The van der Waals surface area contributed by atoms with E-state index in [1.807, 2.05) is 117 Å². The van der Waals surface area contributed by atoms with Gasteiger partial charge in [-0.25, -0.2) is 56.1 Å². The van der Waals surface area contributed by atoms with E-state index in [1.54, 1.807) is 141 Å². The van der Waals surface area contributed by atoms with Crippen molar-refractivity contribution in [3.05, 3.63) is 325 Å². The van der Waals surface area contributed by atoms with Crippen LogP contribution in [-0.4, -0.2) is 140 Å². The zero-order valence-corrected chi connectivity index (χ0v) is 87.3. The van der Waals surface area contributed by atoms with E-state index in [0.717, 1.165) is 75.7 Å². The molecule has 8 heterocycles. The first kappa shape index (κ1) is 109. The number of carbonyl (C=O) groups excluding carboxylic acids is 6. The number of benzene rings is 7. The second-order valence-corrected chi connectivity index (χ2v) is 44.6. The summed E-state index contributed by atoms with van der Waals surface area (Å²) < 4.78 is 67.2. The lowest BCUT2D eigenvalue weighted by molar-refractivity contribution is -0.142. The average molecular weight is 2080 g/mol. The molecule has 7 aromatic carbocycles. The summed E-state index contributed by atoms with van der Waals surface area (Å²) in [6, 6.07) is 58.1. The quantitative estimate of drug-likeness (QED) is 0.0197. The number of carboxylic acids is 3. The Morgan fingerprint density at radius 3 is 1.12 bits per heavy atom. The molecule has 0 spiro atoms. The van der Waals surface area contributed by atoms with Gasteiger partial charge in [0.25, 0.3) is 10.0 Å². The molecule has 15 aromatic rings. The van der Waals surface area contributed by atoms with Crippen LogP contribution in [0.1, 0.15) is 177 Å². The predicted molar refractivity (Wildman–Crippen MR) is 566 cm³/mol. The number of Topliss-reactive ketones (excluding diaryl/α,β-unsaturated/α-hetero) is 3. The topological polar surface area (TPSA) is 398 Å². The smallest absolute Gasteiger partial charge is 0.325 e. The number of nitrogens with zero attached hydrogens (tertiary/aromatic N) is 8. The van der Waals surface area contributed by atoms with E-state index in [9.17, 15) is 75.7 Å². The van der Waals surface area contributed by atoms with Crippen molar-refractivity contribution in [2.75, 3.05) is 6.61 Å². The number of fused-ring (bicyclic) bond motifs is 1. The molecule has 8 aromatic heterocycles. The van der Waals surface area contributed by atoms with Crippen LogP contribution in [0.2, 0.25) is 5.02 Å². The standard InChI is InChI=1S/C40H38N4O6S2.C37H35FN4O5S.C36H39ClFN3O5S/c1-25(39(47)48)43-38(46)30(22-34(45)35-16-17-36(51-35)40(2,3)4)20-26-10-12-27(13-11-26)37-41-23-31(24-42-37)28-14-15-33-29(21-28)18-19-44(33)52(49,50)32-8-6-5-7-9-32;1-22(36(45)46)42-35(44)26(18-29(43)31-14-15-32(48-31)37(2,3)4)17-23-9-11-24(12-10-23)34-40-20-27(21-41-34)25-13-16-33(39-19-25)47-30-8-6-5-7-28(30)38;1-20(2)19-46-29-16-24(14-27(37)32(29)38)26-17-39-33(40-18-26)23-9-7-22(8-10-23)13-25(34(43)41-21(3)35(44)45)15-28(42)30-11-12-31(47-30)36(4,5)6/h5-19,21,23-25,30H,20,22H2,1-4H3,(H,43,46)(H,47,48);5-16,19-22,26H,17-18H2,1-4H3,(H,42,44)(H,45,46);7-12,14,16-18,20-21,25H,13,15,19H2,1-6H3,(H,41,43)(H,44,45)/t25-,30-;22-,26-;21-,25-/m111/s1. The van der Waals surface area contributed by atoms with E-state index in [1.165, 1.54) is 77.0 Å². The van der Waals surface area contributed by atoms with Crippen LogP contribution in [0.4, 0.5) is 8.78 Å². The van der Waals surface area contributed by atoms with Gasteiger partial charge >= 0.3 is 17.9 Å². The summed E-state index contributed by atoms with van der Waals surface area (Å²) in [6.07, 6.45) is 13.7. The third kappa shape index (κ3) is 29.1. The molecule has 34 heteroatoms. The molecular weight excluding hydrogens is 1970 g/mol. The van der Waals surface area contributed by atoms with Crippen molar-refractivity contribution >= 4 is 120 Å². The van der Waals surface area contributed by atoms with Gasteiger partial charge in [0, 0.05) is 152 Å². The number of aromatic nitrogens is 8. The maximum absolute atomic E-state index is 14.5. The summed E-state index contributed by atoms with van der Waals surface area (Å²) >= 11 is 10.4. The number of aliphatic carboxylic acids is 3. The molecule has 0 fully saturated rings. The van der Waals surface area contributed by atoms with Gasteiger partial charge in [-0.3, -0.25) is 43.2 Å². The van der Waals surface area contributed by atoms with E-state index < -0.39 is 93.2 Å². The number of nitrogens with one attached hydrogen (secondary N) is 3. The number of carbonyl (C=O) groups is 9. The number of ether oxygens (including phenoxy) is 2. The molecule has 0 unspecified atom stereocenters. The summed E-state index contributed by atoms with van der Waals surface area (Å²) in [7, 11) is -3.74. The van der Waals surface area contributed by atoms with Gasteiger partial charge < -0.3 is 40.7 Å². The van der Waals surface area contributed by atoms with Crippen molar-refractivity contribution in [1.29, 1.82) is 0 Å². The first-order chi connectivity index (χ1) is 69.7. The molecule has 6 N–H and O–H groups in total. The normalized spacial score (nSPS) is 12.9. The van der Waals surface area contributed by atoms with Crippen LogP contribution in [0.3, 0.4) is 0 Å². The van der Waals surface area contributed by atoms with E-state index in [4.69, 9.17) is 21.1 Å². The fourth-order valence-corrected chi connectivity index (χ4v) is 19.9. The highest BCUT2D eigenvalue weighted by molar-refractivity contribution is 7.90. The number of amides is 3. The van der Waals surface area contributed by atoms with Gasteiger partial charge in [0.15, 0.2) is 58.0 Å². The molecule has 0 aliphatic carbocycles. The number of hydrogen-bond donors (Lipinski definition) is 6. The van der Waals surface area contributed by atoms with Gasteiger partial charge in [0.1, 0.15) is 18.1 Å². The maximum atomic E-state index is 14.5. The van der Waals surface area contributed by atoms with Gasteiger partial charge in [-0.2, -0.15) is 0 Å². The first-order valence-corrected chi connectivity index (χ1v) is 51.6. The van der Waals surface area contributed by atoms with Crippen LogP contribution < -0.4 is 25.4 Å². The Kier molecular flexibility index (Phi) is 35.7. The van der Waals surface area contributed by atoms with Crippen molar-refractivity contribution in [3.63, 3.8) is 0 Å². The molecule has 0 radical (unpaired) electrons. The van der Waals surface area contributed by atoms with Crippen molar-refractivity contribution in [2.45, 2.75) is 175 Å². The molecule has 3 amide bonds. The average Bonchev–Trinajstić information content (AvgIpc) is 1.63. The fraction of sp³-hybridized carbons (Fsp3) is 0.274. The van der Waals surface area contributed by atoms with Crippen molar-refractivity contribution in [1.82, 2.24) is 54.8 Å². The summed E-state index contributed by atoms with van der Waals surface area (Å²) in [5, 5.41) is 36.3. The third-order valence-electron chi connectivity index (χ3n) is 23.8. The lowest BCUT2D eigenvalue weighted by Gasteiger charge is -2.18. The van der Waals surface area contributed by atoms with Crippen LogP contribution in [0, 0.1) is 35.3 Å². The van der Waals surface area contributed by atoms with Crippen LogP contribution in [0.25, 0.3) is 78.4 Å². The van der Waals surface area contributed by atoms with Crippen LogP contribution >= 0.6 is 45.6 Å². The van der Waals surface area contributed by atoms with Crippen LogP contribution in [-0.2, 0) is 74.3 Å². The predicted octanol–water partition coefficient (Wildman–Crippen LogP) is 22.9. The SMILES string of the molecule is CC(C)COc1cc(-c2cnc(-c3ccc(C[C@H](CC(=O)c4ccc(C(C)(C)C)s4)C(=O)N[C@H](C)C(=O)O)cc3)nc2)cc(Cl)c1F.C[C@@H](NC(=O)[C@@H](CC(=O)c1ccc(C(C)(C)C)s1)Cc1ccc(-c2ncc(-c3ccc(Oc4ccccc4F)nc3)cn2)cc1)C(=O)O.C[C@@H](NC(=O)[C@@H](CC(=O)c1ccc(C(C)(C)C)s1)Cc1ccc(-c2ncc(-c3ccc4c(ccn4S(=O)(=O)c4ccccc4)c3)cn2)cc1)C(=O)O. The number of carboxylic acid groups (broad SMARTS) is 3. The summed E-state index contributed by atoms with van der Waals surface area (Å²) in [5.41, 5.74) is 9.18. The largest absolute Gasteiger partial charge is 0.490 e. The molecule has 0 aliphatic rings. The van der Waals surface area contributed by atoms with E-state index in [-0.39, 0.29) is 105 Å². The lowest BCUT2D eigenvalue weighted by atomic mass is 9.92. The molecule has 147 heavy (non-hydrogen) atoms. The summed E-state index contributed by atoms with van der Waals surface area (Å²) in [5.74, 6) is -6.79. The van der Waals surface area contributed by atoms with E-state index in [2.05, 4.69) is 113 Å². The molecule has 6 atom stereocenters. The van der Waals surface area contributed by atoms with Crippen LogP contribution in [0.15, 0.2) is 267 Å². The highest BCUT2D eigenvalue weighted by Crippen LogP contribution is 2.39. The third-order valence-corrected chi connectivity index (χ3v) is 30.4. The molecule has 0 aliphatic heterocycles. The number of ketones is 3. The van der Waals surface area contributed by atoms with Gasteiger partial charge in [-0.1, -0.05) is 197 Å². The molecule has 0 saturated carbocycles. The molecule has 760 valence electrons. The zero-order valence-electron chi connectivity index (χ0n) is 83.3. The minimum Gasteiger partial charge on any atom is -0.490 e. The highest BCUT2D eigenvalue weighted by Gasteiger charge is 2.33. The Labute approximate surface area is 867 Å². The second-order valence-electron chi connectivity index (χ2n) is 39.1. The number of rotatable bonds is 37. The zero-order chi connectivity index (χ0) is 106. The molecule has 0 saturated heterocycles. The van der Waals surface area contributed by atoms with Crippen LogP contribution in [0.5, 0.6) is 17.4 Å². The Hall–Kier alpha value is -14.9. The minimum absolute atomic E-state index is 0.0559. The van der Waals surface area contributed by atoms with Crippen molar-refractivity contribution in [2.24, 2.45) is 23.7 Å². The Bertz CT molecular complexity index is 7370. The lowest BCUT2D eigenvalue weighted by Crippen LogP contribution is -2.42. The first-order valence-electron chi connectivity index (χ1n) is 47.4. The summed E-state index contributed by atoms with van der Waals surface area (Å²) in [4.78, 5) is 150. The summed E-state index contributed by atoms with van der Waals surface area (Å²) in [6.45, 7) is 27.1. The fourth-order valence-electron chi connectivity index (χ4n) is 15.3. The molecule has 15 rings (SSSR count). The molecular formula is C113H112ClF2N11O16S4. The Morgan fingerprint density at radius 2 is 0.762 bits per heavy atom. The maximum Gasteiger partial charge on any atom is 0.325 e. The van der Waals surface area contributed by atoms with Gasteiger partial charge in [-0.05, 0) is 187 Å². The molecule has 27 nitrogen and oxygen atoms in total. The Balaban J connectivity index is 0.000000185. The van der Waals surface area contributed by atoms with Gasteiger partial charge in [0.05, 0.1) is 36.7 Å². The monoisotopic (exact) mass is 2080 g/mol. The van der Waals surface area contributed by atoms with E-state index in [0.29, 0.717) is 55.4 Å². The number of thiophene rings is 3. The number of para-hydroxylation sites is 1.